The number of hydrogen-bond donors (Lipinski definition) is 2. The summed E-state index contributed by atoms with van der Waals surface area (Å²) in [5, 5.41) is 3.42. The first-order valence-electron chi connectivity index (χ1n) is 7.63. The highest BCUT2D eigenvalue weighted by Crippen LogP contribution is 2.20. The van der Waals surface area contributed by atoms with E-state index in [1.54, 1.807) is 12.1 Å². The van der Waals surface area contributed by atoms with E-state index in [-0.39, 0.29) is 6.04 Å². The third-order valence-corrected chi connectivity index (χ3v) is 5.53. The van der Waals surface area contributed by atoms with E-state index in [2.05, 4.69) is 16.1 Å². The van der Waals surface area contributed by atoms with Gasteiger partial charge >= 0.3 is 0 Å². The van der Waals surface area contributed by atoms with Gasteiger partial charge in [0.1, 0.15) is 0 Å². The SMILES string of the molecule is O=S(=O)(NC1CC=CCC1)c1ccc(CNC2CC2)cc1. The first kappa shape index (κ1) is 14.8. The van der Waals surface area contributed by atoms with Crippen LogP contribution in [0.5, 0.6) is 0 Å². The lowest BCUT2D eigenvalue weighted by molar-refractivity contribution is 0.522. The highest BCUT2D eigenvalue weighted by atomic mass is 32.2. The Morgan fingerprint density at radius 3 is 2.38 bits per heavy atom. The summed E-state index contributed by atoms with van der Waals surface area (Å²) in [5.41, 5.74) is 1.13. The molecule has 114 valence electrons. The number of allylic oxidation sites excluding steroid dienone is 1. The van der Waals surface area contributed by atoms with E-state index in [4.69, 9.17) is 0 Å². The molecule has 0 saturated heterocycles. The van der Waals surface area contributed by atoms with Crippen molar-refractivity contribution in [3.8, 4) is 0 Å². The van der Waals surface area contributed by atoms with E-state index >= 15 is 0 Å². The maximum atomic E-state index is 12.3. The van der Waals surface area contributed by atoms with Crippen molar-refractivity contribution in [2.24, 2.45) is 0 Å². The maximum absolute atomic E-state index is 12.3. The molecule has 3 rings (SSSR count). The fraction of sp³-hybridized carbons (Fsp3) is 0.500. The van der Waals surface area contributed by atoms with Crippen molar-refractivity contribution in [1.82, 2.24) is 10.0 Å². The minimum absolute atomic E-state index is 0.0243. The summed E-state index contributed by atoms with van der Waals surface area (Å²) in [6, 6.07) is 7.87. The van der Waals surface area contributed by atoms with Gasteiger partial charge in [-0.15, -0.1) is 0 Å². The fourth-order valence-electron chi connectivity index (χ4n) is 2.52. The van der Waals surface area contributed by atoms with Crippen molar-refractivity contribution in [3.63, 3.8) is 0 Å². The Hall–Kier alpha value is -1.17. The molecular formula is C16H22N2O2S. The zero-order valence-corrected chi connectivity index (χ0v) is 12.9. The van der Waals surface area contributed by atoms with Gasteiger partial charge in [-0.2, -0.15) is 0 Å². The third kappa shape index (κ3) is 4.15. The maximum Gasteiger partial charge on any atom is 0.240 e. The van der Waals surface area contributed by atoms with Crippen molar-refractivity contribution in [3.05, 3.63) is 42.0 Å². The highest BCUT2D eigenvalue weighted by Gasteiger charge is 2.21. The normalized spacial score (nSPS) is 22.4. The number of hydrogen-bond acceptors (Lipinski definition) is 3. The molecule has 0 heterocycles. The van der Waals surface area contributed by atoms with Gasteiger partial charge in [-0.05, 0) is 49.8 Å². The zero-order chi connectivity index (χ0) is 14.7. The molecule has 0 radical (unpaired) electrons. The second-order valence-electron chi connectivity index (χ2n) is 5.90. The van der Waals surface area contributed by atoms with Crippen LogP contribution >= 0.6 is 0 Å². The summed E-state index contributed by atoms with van der Waals surface area (Å²) in [7, 11) is -3.40. The Morgan fingerprint density at radius 1 is 1.00 bits per heavy atom. The minimum Gasteiger partial charge on any atom is -0.310 e. The molecule has 2 N–H and O–H groups in total. The monoisotopic (exact) mass is 306 g/mol. The van der Waals surface area contributed by atoms with Crippen LogP contribution in [-0.4, -0.2) is 20.5 Å². The summed E-state index contributed by atoms with van der Waals surface area (Å²) < 4.78 is 27.5. The summed E-state index contributed by atoms with van der Waals surface area (Å²) in [6.07, 6.45) is 9.26. The summed E-state index contributed by atoms with van der Waals surface area (Å²) in [6.45, 7) is 0.811. The van der Waals surface area contributed by atoms with E-state index in [9.17, 15) is 8.42 Å². The van der Waals surface area contributed by atoms with Crippen LogP contribution in [0.1, 0.15) is 37.7 Å². The Bertz CT molecular complexity index is 604. The lowest BCUT2D eigenvalue weighted by Gasteiger charge is -2.19. The van der Waals surface area contributed by atoms with Gasteiger partial charge in [0.15, 0.2) is 0 Å². The van der Waals surface area contributed by atoms with E-state index < -0.39 is 10.0 Å². The lowest BCUT2D eigenvalue weighted by atomic mass is 10.0. The van der Waals surface area contributed by atoms with E-state index in [0.29, 0.717) is 10.9 Å². The Balaban J connectivity index is 1.62. The van der Waals surface area contributed by atoms with Crippen LogP contribution in [0, 0.1) is 0 Å². The van der Waals surface area contributed by atoms with Gasteiger partial charge in [0.2, 0.25) is 10.0 Å². The van der Waals surface area contributed by atoms with Gasteiger partial charge in [-0.3, -0.25) is 0 Å². The number of rotatable bonds is 6. The second kappa shape index (κ2) is 6.30. The minimum atomic E-state index is -3.40. The number of benzene rings is 1. The first-order valence-corrected chi connectivity index (χ1v) is 9.11. The highest BCUT2D eigenvalue weighted by molar-refractivity contribution is 7.89. The second-order valence-corrected chi connectivity index (χ2v) is 7.62. The molecule has 0 bridgehead atoms. The topological polar surface area (TPSA) is 58.2 Å². The van der Waals surface area contributed by atoms with Gasteiger partial charge in [-0.1, -0.05) is 24.3 Å². The molecule has 2 aliphatic rings. The predicted octanol–water partition coefficient (Wildman–Crippen LogP) is 2.33. The zero-order valence-electron chi connectivity index (χ0n) is 12.1. The summed E-state index contributed by atoms with van der Waals surface area (Å²) in [5.74, 6) is 0. The first-order chi connectivity index (χ1) is 10.1. The smallest absolute Gasteiger partial charge is 0.240 e. The van der Waals surface area contributed by atoms with Gasteiger partial charge in [0, 0.05) is 18.6 Å². The Morgan fingerprint density at radius 2 is 1.76 bits per heavy atom. The molecule has 1 unspecified atom stereocenters. The quantitative estimate of drug-likeness (QED) is 0.793. The molecule has 1 saturated carbocycles. The van der Waals surface area contributed by atoms with Crippen LogP contribution in [0.15, 0.2) is 41.3 Å². The molecule has 2 aliphatic carbocycles. The standard InChI is InChI=1S/C16H22N2O2S/c19-21(20,18-15-4-2-1-3-5-15)16-10-6-13(7-11-16)12-17-14-8-9-14/h1-2,6-7,10-11,14-15,17-18H,3-5,8-9,12H2. The molecule has 0 amide bonds. The molecule has 1 atom stereocenters. The molecule has 0 spiro atoms. The van der Waals surface area contributed by atoms with Crippen molar-refractivity contribution in [2.45, 2.75) is 55.6 Å². The lowest BCUT2D eigenvalue weighted by Crippen LogP contribution is -2.35. The fourth-order valence-corrected chi connectivity index (χ4v) is 3.81. The molecule has 4 nitrogen and oxygen atoms in total. The molecular weight excluding hydrogens is 284 g/mol. The van der Waals surface area contributed by atoms with E-state index in [1.165, 1.54) is 12.8 Å². The van der Waals surface area contributed by atoms with Crippen molar-refractivity contribution >= 4 is 10.0 Å². The largest absolute Gasteiger partial charge is 0.310 e. The van der Waals surface area contributed by atoms with E-state index in [0.717, 1.165) is 31.4 Å². The molecule has 1 aromatic carbocycles. The summed E-state index contributed by atoms with van der Waals surface area (Å²) in [4.78, 5) is 0.354. The van der Waals surface area contributed by atoms with Crippen LogP contribution < -0.4 is 10.0 Å². The van der Waals surface area contributed by atoms with Crippen LogP contribution in [0.25, 0.3) is 0 Å². The van der Waals surface area contributed by atoms with E-state index in [1.807, 2.05) is 18.2 Å². The summed E-state index contributed by atoms with van der Waals surface area (Å²) >= 11 is 0. The van der Waals surface area contributed by atoms with Crippen LogP contribution in [0.4, 0.5) is 0 Å². The number of nitrogens with one attached hydrogen (secondary N) is 2. The van der Waals surface area contributed by atoms with Gasteiger partial charge in [0.05, 0.1) is 4.90 Å². The molecule has 1 fully saturated rings. The molecule has 21 heavy (non-hydrogen) atoms. The molecule has 1 aromatic rings. The van der Waals surface area contributed by atoms with Crippen LogP contribution in [-0.2, 0) is 16.6 Å². The Labute approximate surface area is 126 Å². The van der Waals surface area contributed by atoms with Crippen LogP contribution in [0.3, 0.4) is 0 Å². The van der Waals surface area contributed by atoms with Gasteiger partial charge in [-0.25, -0.2) is 13.1 Å². The molecule has 0 aliphatic heterocycles. The molecule has 0 aromatic heterocycles. The predicted molar refractivity (Wildman–Crippen MR) is 83.4 cm³/mol. The molecule has 5 heteroatoms. The van der Waals surface area contributed by atoms with Crippen molar-refractivity contribution in [2.75, 3.05) is 0 Å². The third-order valence-electron chi connectivity index (χ3n) is 4.00. The van der Waals surface area contributed by atoms with Crippen LogP contribution in [0.2, 0.25) is 0 Å². The Kier molecular flexibility index (Phi) is 4.42. The number of sulfonamides is 1. The van der Waals surface area contributed by atoms with Gasteiger partial charge < -0.3 is 5.32 Å². The average Bonchev–Trinajstić information content (AvgIpc) is 3.30. The van der Waals surface area contributed by atoms with Crippen molar-refractivity contribution < 1.29 is 8.42 Å². The van der Waals surface area contributed by atoms with Crippen molar-refractivity contribution in [1.29, 1.82) is 0 Å². The average molecular weight is 306 g/mol. The van der Waals surface area contributed by atoms with Gasteiger partial charge in [0.25, 0.3) is 0 Å².